The number of ether oxygens (including phenoxy) is 1. The zero-order valence-electron chi connectivity index (χ0n) is 19.0. The Morgan fingerprint density at radius 2 is 2.00 bits per heavy atom. The molecule has 0 aliphatic carbocycles. The van der Waals surface area contributed by atoms with Gasteiger partial charge in [-0.05, 0) is 48.4 Å². The van der Waals surface area contributed by atoms with Gasteiger partial charge in [-0.25, -0.2) is 14.3 Å². The summed E-state index contributed by atoms with van der Waals surface area (Å²) >= 11 is 0. The summed E-state index contributed by atoms with van der Waals surface area (Å²) < 4.78 is 47.5. The van der Waals surface area contributed by atoms with Gasteiger partial charge < -0.3 is 15.4 Å². The maximum absolute atomic E-state index is 13.5. The second-order valence-electron chi connectivity index (χ2n) is 8.93. The van der Waals surface area contributed by atoms with Gasteiger partial charge in [0.1, 0.15) is 11.9 Å². The van der Waals surface area contributed by atoms with Gasteiger partial charge in [-0.1, -0.05) is 6.07 Å². The Hall–Kier alpha value is -3.77. The molecular weight excluding hydrogens is 475 g/mol. The van der Waals surface area contributed by atoms with Gasteiger partial charge in [-0.15, -0.1) is 0 Å². The van der Waals surface area contributed by atoms with Crippen molar-refractivity contribution in [3.63, 3.8) is 0 Å². The molecule has 0 spiro atoms. The number of benzene rings is 1. The Morgan fingerprint density at radius 3 is 2.78 bits per heavy atom. The van der Waals surface area contributed by atoms with Crippen molar-refractivity contribution in [1.82, 2.24) is 29.6 Å². The lowest BCUT2D eigenvalue weighted by Crippen LogP contribution is -2.30. The number of pyridine rings is 1. The molecule has 9 nitrogen and oxygen atoms in total. The van der Waals surface area contributed by atoms with E-state index in [-0.39, 0.29) is 22.9 Å². The van der Waals surface area contributed by atoms with Crippen LogP contribution in [0.4, 0.5) is 24.8 Å². The topological polar surface area (TPSA) is 98.9 Å². The van der Waals surface area contributed by atoms with Gasteiger partial charge in [0.25, 0.3) is 5.56 Å². The Kier molecular flexibility index (Phi) is 5.49. The minimum absolute atomic E-state index is 0.00946. The van der Waals surface area contributed by atoms with E-state index in [1.165, 1.54) is 22.6 Å². The van der Waals surface area contributed by atoms with Crippen LogP contribution in [0, 0.1) is 0 Å². The third-order valence-corrected chi connectivity index (χ3v) is 6.42. The van der Waals surface area contributed by atoms with Crippen molar-refractivity contribution in [3.05, 3.63) is 69.9 Å². The summed E-state index contributed by atoms with van der Waals surface area (Å²) in [5, 5.41) is 6.44. The first-order valence-corrected chi connectivity index (χ1v) is 11.5. The summed E-state index contributed by atoms with van der Waals surface area (Å²) in [6.07, 6.45) is -0.895. The van der Waals surface area contributed by atoms with Crippen molar-refractivity contribution in [3.8, 4) is 5.69 Å². The normalized spacial score (nSPS) is 16.1. The number of halogens is 3. The van der Waals surface area contributed by atoms with Gasteiger partial charge in [0.05, 0.1) is 24.6 Å². The highest BCUT2D eigenvalue weighted by Crippen LogP contribution is 2.27. The number of aromatic nitrogens is 5. The summed E-state index contributed by atoms with van der Waals surface area (Å²) in [5.41, 5.74) is 3.46. The third-order valence-electron chi connectivity index (χ3n) is 6.42. The smallest absolute Gasteiger partial charge is 0.380 e. The highest BCUT2D eigenvalue weighted by Gasteiger charge is 2.32. The van der Waals surface area contributed by atoms with E-state index in [0.717, 1.165) is 30.8 Å². The fraction of sp³-hybridized carbons (Fsp3) is 0.333. The number of rotatable bonds is 5. The number of nitrogens with one attached hydrogen (secondary N) is 2. The number of hydrogen-bond donors (Lipinski definition) is 2. The van der Waals surface area contributed by atoms with Crippen LogP contribution < -0.4 is 16.2 Å². The molecule has 5 heterocycles. The van der Waals surface area contributed by atoms with Crippen LogP contribution in [-0.4, -0.2) is 50.3 Å². The highest BCUT2D eigenvalue weighted by atomic mass is 19.4. The predicted octanol–water partition coefficient (Wildman–Crippen LogP) is 3.04. The lowest BCUT2D eigenvalue weighted by atomic mass is 10.0. The standard InChI is InChI=1S/C24H22F3N7O2/c25-24(26,27)13-33-22(35)19-10-30-23(31-17-2-1-14-3-5-28-9-15(14)7-17)32-21(19)34(33)18-4-6-29-20(8-18)16-11-36-12-16/h1-2,4,6-8,10,16,28H,3,5,9,11-13H2,(H,30,31,32). The predicted molar refractivity (Wildman–Crippen MR) is 126 cm³/mol. The zero-order valence-corrected chi connectivity index (χ0v) is 19.0. The Labute approximate surface area is 202 Å². The van der Waals surface area contributed by atoms with Crippen molar-refractivity contribution in [2.45, 2.75) is 31.6 Å². The van der Waals surface area contributed by atoms with E-state index in [2.05, 4.69) is 25.6 Å². The zero-order chi connectivity index (χ0) is 24.9. The van der Waals surface area contributed by atoms with Crippen LogP contribution in [0.1, 0.15) is 22.7 Å². The summed E-state index contributed by atoms with van der Waals surface area (Å²) in [5.74, 6) is 0.228. The molecule has 1 fully saturated rings. The molecule has 186 valence electrons. The van der Waals surface area contributed by atoms with Crippen LogP contribution in [0.15, 0.2) is 47.5 Å². The van der Waals surface area contributed by atoms with E-state index in [1.807, 2.05) is 18.2 Å². The first-order chi connectivity index (χ1) is 17.4. The maximum atomic E-state index is 13.5. The molecule has 0 radical (unpaired) electrons. The minimum Gasteiger partial charge on any atom is -0.380 e. The summed E-state index contributed by atoms with van der Waals surface area (Å²) in [6, 6.07) is 9.17. The third kappa shape index (κ3) is 4.22. The van der Waals surface area contributed by atoms with Gasteiger partial charge in [0, 0.05) is 30.5 Å². The molecule has 2 N–H and O–H groups in total. The summed E-state index contributed by atoms with van der Waals surface area (Å²) in [7, 11) is 0. The molecule has 36 heavy (non-hydrogen) atoms. The lowest BCUT2D eigenvalue weighted by molar-refractivity contribution is -0.144. The van der Waals surface area contributed by atoms with Gasteiger partial charge in [-0.2, -0.15) is 18.2 Å². The van der Waals surface area contributed by atoms with Crippen LogP contribution in [0.5, 0.6) is 0 Å². The Bertz CT molecular complexity index is 1510. The van der Waals surface area contributed by atoms with Crippen LogP contribution in [0.2, 0.25) is 0 Å². The SMILES string of the molecule is O=c1c2cnc(Nc3ccc4c(c3)CNCC4)nc2n(-c2ccnc(C3COC3)c2)n1CC(F)(F)F. The van der Waals surface area contributed by atoms with Crippen molar-refractivity contribution in [2.75, 3.05) is 25.1 Å². The van der Waals surface area contributed by atoms with Crippen molar-refractivity contribution in [1.29, 1.82) is 0 Å². The summed E-state index contributed by atoms with van der Waals surface area (Å²) in [4.78, 5) is 26.0. The lowest BCUT2D eigenvalue weighted by Gasteiger charge is -2.25. The molecule has 0 saturated carbocycles. The number of hydrogen-bond acceptors (Lipinski definition) is 7. The molecule has 4 aromatic rings. The molecule has 0 bridgehead atoms. The number of anilines is 2. The molecule has 3 aromatic heterocycles. The van der Waals surface area contributed by atoms with E-state index in [9.17, 15) is 18.0 Å². The second kappa shape index (κ2) is 8.71. The van der Waals surface area contributed by atoms with Gasteiger partial charge in [0.2, 0.25) is 5.95 Å². The molecule has 1 aromatic carbocycles. The number of alkyl halides is 3. The van der Waals surface area contributed by atoms with E-state index in [4.69, 9.17) is 4.74 Å². The fourth-order valence-corrected chi connectivity index (χ4v) is 4.55. The first-order valence-electron chi connectivity index (χ1n) is 11.5. The molecule has 12 heteroatoms. The molecule has 0 unspecified atom stereocenters. The molecule has 6 rings (SSSR count). The Morgan fingerprint density at radius 1 is 1.14 bits per heavy atom. The van der Waals surface area contributed by atoms with Crippen molar-refractivity contribution < 1.29 is 17.9 Å². The van der Waals surface area contributed by atoms with Crippen molar-refractivity contribution in [2.24, 2.45) is 0 Å². The molecule has 2 aliphatic heterocycles. The average molecular weight is 497 g/mol. The second-order valence-corrected chi connectivity index (χ2v) is 8.93. The first kappa shape index (κ1) is 22.7. The van der Waals surface area contributed by atoms with Gasteiger partial charge in [-0.3, -0.25) is 9.78 Å². The fourth-order valence-electron chi connectivity index (χ4n) is 4.55. The largest absolute Gasteiger partial charge is 0.408 e. The highest BCUT2D eigenvalue weighted by molar-refractivity contribution is 5.77. The Balaban J connectivity index is 1.45. The van der Waals surface area contributed by atoms with E-state index in [1.54, 1.807) is 12.1 Å². The quantitative estimate of drug-likeness (QED) is 0.437. The van der Waals surface area contributed by atoms with E-state index in [0.29, 0.717) is 29.3 Å². The molecule has 2 aliphatic rings. The van der Waals surface area contributed by atoms with Gasteiger partial charge in [0.15, 0.2) is 5.65 Å². The van der Waals surface area contributed by atoms with Crippen LogP contribution in [0.25, 0.3) is 16.7 Å². The monoisotopic (exact) mass is 497 g/mol. The van der Waals surface area contributed by atoms with E-state index >= 15 is 0 Å². The van der Waals surface area contributed by atoms with Crippen LogP contribution in [0.3, 0.4) is 0 Å². The maximum Gasteiger partial charge on any atom is 0.408 e. The molecular formula is C24H22F3N7O2. The molecule has 0 atom stereocenters. The van der Waals surface area contributed by atoms with Crippen molar-refractivity contribution >= 4 is 22.7 Å². The van der Waals surface area contributed by atoms with E-state index < -0.39 is 18.3 Å². The average Bonchev–Trinajstić information content (AvgIpc) is 3.07. The molecule has 0 amide bonds. The molecule has 1 saturated heterocycles. The summed E-state index contributed by atoms with van der Waals surface area (Å²) in [6.45, 7) is 1.19. The minimum atomic E-state index is -4.61. The van der Waals surface area contributed by atoms with Crippen LogP contribution >= 0.6 is 0 Å². The number of fused-ring (bicyclic) bond motifs is 2. The number of nitrogens with zero attached hydrogens (tertiary/aromatic N) is 5. The van der Waals surface area contributed by atoms with Gasteiger partial charge >= 0.3 is 6.18 Å². The van der Waals surface area contributed by atoms with Crippen LogP contribution in [-0.2, 0) is 24.2 Å².